The van der Waals surface area contributed by atoms with Crippen molar-refractivity contribution in [3.63, 3.8) is 0 Å². The standard InChI is InChI=1S/C16H10N2O4S4/c19-14(20)9-2-4-13-11(6-9)18-16(24-13)26-25-15-17-10-5-8(7-22-21)1-3-12(10)23-15/h1-6,21H,7H2,(H,19,20). The zero-order valence-corrected chi connectivity index (χ0v) is 16.2. The molecule has 2 heterocycles. The molecule has 4 rings (SSSR count). The Morgan fingerprint density at radius 1 is 1.00 bits per heavy atom. The first-order valence-electron chi connectivity index (χ1n) is 7.26. The highest BCUT2D eigenvalue weighted by Crippen LogP contribution is 2.43. The molecule has 0 atom stereocenters. The van der Waals surface area contributed by atoms with Gasteiger partial charge in [0.2, 0.25) is 0 Å². The molecule has 132 valence electrons. The quantitative estimate of drug-likeness (QED) is 0.243. The first-order chi connectivity index (χ1) is 12.6. The van der Waals surface area contributed by atoms with Gasteiger partial charge in [0.05, 0.1) is 26.0 Å². The lowest BCUT2D eigenvalue weighted by molar-refractivity contribution is -0.252. The second-order valence-corrected chi connectivity index (χ2v) is 9.87. The lowest BCUT2D eigenvalue weighted by atomic mass is 10.2. The average Bonchev–Trinajstić information content (AvgIpc) is 3.22. The minimum Gasteiger partial charge on any atom is -0.478 e. The molecule has 2 aromatic carbocycles. The predicted molar refractivity (Wildman–Crippen MR) is 105 cm³/mol. The summed E-state index contributed by atoms with van der Waals surface area (Å²) in [7, 11) is 3.02. The number of carboxylic acid groups (broad SMARTS) is 1. The maximum absolute atomic E-state index is 11.1. The molecule has 0 aliphatic heterocycles. The highest BCUT2D eigenvalue weighted by atomic mass is 33.1. The molecular weight excluding hydrogens is 412 g/mol. The van der Waals surface area contributed by atoms with Gasteiger partial charge in [0, 0.05) is 0 Å². The van der Waals surface area contributed by atoms with Crippen LogP contribution in [-0.4, -0.2) is 26.3 Å². The highest BCUT2D eigenvalue weighted by molar-refractivity contribution is 8.77. The van der Waals surface area contributed by atoms with Gasteiger partial charge in [-0.1, -0.05) is 6.07 Å². The van der Waals surface area contributed by atoms with E-state index in [0.717, 1.165) is 29.2 Å². The Hall–Kier alpha value is -1.69. The Bertz CT molecular complexity index is 1110. The molecule has 6 nitrogen and oxygen atoms in total. The number of rotatable bonds is 6. The van der Waals surface area contributed by atoms with Crippen molar-refractivity contribution in [2.24, 2.45) is 0 Å². The Kier molecular flexibility index (Phi) is 5.11. The fourth-order valence-electron chi connectivity index (χ4n) is 2.30. The van der Waals surface area contributed by atoms with Crippen LogP contribution in [0.5, 0.6) is 0 Å². The van der Waals surface area contributed by atoms with E-state index in [1.165, 1.54) is 32.9 Å². The molecule has 2 N–H and O–H groups in total. The molecule has 0 aliphatic carbocycles. The predicted octanol–water partition coefficient (Wildman–Crippen LogP) is 5.39. The fraction of sp³-hybridized carbons (Fsp3) is 0.0625. The first kappa shape index (κ1) is 17.7. The van der Waals surface area contributed by atoms with Crippen LogP contribution in [0, 0.1) is 0 Å². The minimum atomic E-state index is -0.955. The molecule has 0 bridgehead atoms. The van der Waals surface area contributed by atoms with Crippen LogP contribution in [0.4, 0.5) is 0 Å². The van der Waals surface area contributed by atoms with Gasteiger partial charge in [0.25, 0.3) is 0 Å². The molecule has 0 saturated heterocycles. The molecule has 0 spiro atoms. The van der Waals surface area contributed by atoms with Crippen LogP contribution in [0.3, 0.4) is 0 Å². The number of hydrogen-bond donors (Lipinski definition) is 2. The summed E-state index contributed by atoms with van der Waals surface area (Å²) in [6, 6.07) is 10.7. The molecular formula is C16H10N2O4S4. The van der Waals surface area contributed by atoms with E-state index in [0.29, 0.717) is 5.52 Å². The van der Waals surface area contributed by atoms with Crippen LogP contribution < -0.4 is 0 Å². The summed E-state index contributed by atoms with van der Waals surface area (Å²) in [5.74, 6) is -0.955. The van der Waals surface area contributed by atoms with E-state index >= 15 is 0 Å². The maximum Gasteiger partial charge on any atom is 0.335 e. The topological polar surface area (TPSA) is 92.5 Å². The molecule has 4 aromatic rings. The fourth-order valence-corrected chi connectivity index (χ4v) is 6.75. The number of aromatic nitrogens is 2. The van der Waals surface area contributed by atoms with Crippen LogP contribution in [0.1, 0.15) is 15.9 Å². The van der Waals surface area contributed by atoms with Gasteiger partial charge in [-0.3, -0.25) is 5.26 Å². The molecule has 10 heteroatoms. The van der Waals surface area contributed by atoms with E-state index in [4.69, 9.17) is 10.4 Å². The number of aromatic carboxylic acids is 1. The Morgan fingerprint density at radius 3 is 2.23 bits per heavy atom. The summed E-state index contributed by atoms with van der Waals surface area (Å²) in [6.07, 6.45) is 0. The third-order valence-corrected chi connectivity index (χ3v) is 8.51. The summed E-state index contributed by atoms with van der Waals surface area (Å²) in [6.45, 7) is 0.134. The molecule has 0 fully saturated rings. The van der Waals surface area contributed by atoms with Crippen molar-refractivity contribution < 1.29 is 20.0 Å². The number of carboxylic acids is 1. The number of hydrogen-bond acceptors (Lipinski definition) is 9. The Balaban J connectivity index is 1.52. The highest BCUT2D eigenvalue weighted by Gasteiger charge is 2.11. The lowest BCUT2D eigenvalue weighted by Crippen LogP contribution is -1.94. The van der Waals surface area contributed by atoms with Crippen LogP contribution in [0.2, 0.25) is 0 Å². The van der Waals surface area contributed by atoms with Gasteiger partial charge < -0.3 is 5.11 Å². The number of thiazole rings is 2. The van der Waals surface area contributed by atoms with Gasteiger partial charge in [0.15, 0.2) is 8.68 Å². The SMILES string of the molecule is O=C(O)c1ccc2sc(SSc3nc4cc(COO)ccc4s3)nc2c1. The van der Waals surface area contributed by atoms with E-state index < -0.39 is 5.97 Å². The number of carbonyl (C=O) groups is 1. The molecule has 0 aliphatic rings. The molecule has 26 heavy (non-hydrogen) atoms. The monoisotopic (exact) mass is 422 g/mol. The number of nitrogens with zero attached hydrogens (tertiary/aromatic N) is 2. The van der Waals surface area contributed by atoms with E-state index in [1.54, 1.807) is 29.5 Å². The summed E-state index contributed by atoms with van der Waals surface area (Å²) in [5, 5.41) is 17.6. The number of benzene rings is 2. The first-order valence-corrected chi connectivity index (χ1v) is 11.0. The summed E-state index contributed by atoms with van der Waals surface area (Å²) >= 11 is 3.11. The third kappa shape index (κ3) is 3.70. The van der Waals surface area contributed by atoms with Gasteiger partial charge in [-0.15, -0.1) is 22.7 Å². The van der Waals surface area contributed by atoms with Gasteiger partial charge in [-0.2, -0.15) is 0 Å². The Morgan fingerprint density at radius 2 is 1.62 bits per heavy atom. The van der Waals surface area contributed by atoms with E-state index in [9.17, 15) is 4.79 Å². The Labute approximate surface area is 163 Å². The van der Waals surface area contributed by atoms with Crippen molar-refractivity contribution in [1.82, 2.24) is 9.97 Å². The molecule has 0 saturated carbocycles. The molecule has 2 aromatic heterocycles. The van der Waals surface area contributed by atoms with E-state index in [2.05, 4.69) is 14.9 Å². The summed E-state index contributed by atoms with van der Waals surface area (Å²) in [4.78, 5) is 24.3. The lowest BCUT2D eigenvalue weighted by Gasteiger charge is -1.96. The van der Waals surface area contributed by atoms with Gasteiger partial charge >= 0.3 is 5.97 Å². The van der Waals surface area contributed by atoms with Crippen LogP contribution in [0.15, 0.2) is 45.1 Å². The van der Waals surface area contributed by atoms with Crippen molar-refractivity contribution in [2.45, 2.75) is 15.3 Å². The van der Waals surface area contributed by atoms with Crippen molar-refractivity contribution in [1.29, 1.82) is 0 Å². The third-order valence-electron chi connectivity index (χ3n) is 3.46. The number of fused-ring (bicyclic) bond motifs is 2. The van der Waals surface area contributed by atoms with E-state index in [-0.39, 0.29) is 12.2 Å². The minimum absolute atomic E-state index is 0.134. The summed E-state index contributed by atoms with van der Waals surface area (Å²) < 4.78 is 3.76. The maximum atomic E-state index is 11.1. The molecule has 0 unspecified atom stereocenters. The zero-order valence-electron chi connectivity index (χ0n) is 12.9. The second-order valence-electron chi connectivity index (χ2n) is 5.19. The van der Waals surface area contributed by atoms with Crippen LogP contribution in [-0.2, 0) is 11.5 Å². The van der Waals surface area contributed by atoms with E-state index in [1.807, 2.05) is 18.2 Å². The van der Waals surface area contributed by atoms with Gasteiger partial charge in [-0.25, -0.2) is 19.7 Å². The van der Waals surface area contributed by atoms with Crippen molar-refractivity contribution >= 4 is 70.7 Å². The summed E-state index contributed by atoms with van der Waals surface area (Å²) in [5.41, 5.74) is 2.65. The van der Waals surface area contributed by atoms with Crippen LogP contribution >= 0.6 is 44.3 Å². The molecule has 0 amide bonds. The van der Waals surface area contributed by atoms with Crippen LogP contribution in [0.25, 0.3) is 20.4 Å². The normalized spacial score (nSPS) is 11.4. The van der Waals surface area contributed by atoms with Gasteiger partial charge in [0.1, 0.15) is 6.61 Å². The van der Waals surface area contributed by atoms with Crippen molar-refractivity contribution in [3.8, 4) is 0 Å². The second kappa shape index (κ2) is 7.51. The smallest absolute Gasteiger partial charge is 0.335 e. The van der Waals surface area contributed by atoms with Crippen molar-refractivity contribution in [3.05, 3.63) is 47.5 Å². The van der Waals surface area contributed by atoms with Gasteiger partial charge in [-0.05, 0) is 57.5 Å². The largest absolute Gasteiger partial charge is 0.478 e. The van der Waals surface area contributed by atoms with Crippen molar-refractivity contribution in [2.75, 3.05) is 0 Å². The molecule has 0 radical (unpaired) electrons. The average molecular weight is 423 g/mol. The zero-order chi connectivity index (χ0) is 18.1.